The van der Waals surface area contributed by atoms with Crippen LogP contribution in [-0.2, 0) is 9.53 Å². The lowest BCUT2D eigenvalue weighted by atomic mass is 9.59. The van der Waals surface area contributed by atoms with Gasteiger partial charge in [-0.2, -0.15) is 0 Å². The number of fused-ring (bicyclic) bond motifs is 2. The van der Waals surface area contributed by atoms with Crippen molar-refractivity contribution >= 4 is 5.97 Å². The van der Waals surface area contributed by atoms with Crippen molar-refractivity contribution < 1.29 is 14.6 Å². The summed E-state index contributed by atoms with van der Waals surface area (Å²) in [6, 6.07) is 0. The Bertz CT molecular complexity index is 512. The molecule has 0 aromatic rings. The molecule has 0 amide bonds. The standard InChI is InChI=1S/C15H18O3/c1-8-4-5-13(16)15(3)7-12-10(6-11(8)15)9(2)14(17)18-12/h7,11,13,16H,1,4-6H2,2-3H3/t11?,13-,15-/m1/s1. The van der Waals surface area contributed by atoms with Crippen molar-refractivity contribution in [1.29, 1.82) is 0 Å². The summed E-state index contributed by atoms with van der Waals surface area (Å²) in [6.07, 6.45) is 3.92. The third-order valence-electron chi connectivity index (χ3n) is 4.81. The summed E-state index contributed by atoms with van der Waals surface area (Å²) in [5.41, 5.74) is 2.53. The van der Waals surface area contributed by atoms with Gasteiger partial charge in [0, 0.05) is 16.6 Å². The number of rotatable bonds is 0. The van der Waals surface area contributed by atoms with Crippen LogP contribution in [-0.4, -0.2) is 17.2 Å². The number of carbonyl (C=O) groups is 1. The number of carbonyl (C=O) groups excluding carboxylic acids is 1. The van der Waals surface area contributed by atoms with E-state index in [4.69, 9.17) is 4.74 Å². The fraction of sp³-hybridized carbons (Fsp3) is 0.533. The molecule has 18 heavy (non-hydrogen) atoms. The maximum Gasteiger partial charge on any atom is 0.339 e. The van der Waals surface area contributed by atoms with Gasteiger partial charge in [-0.05, 0) is 38.2 Å². The van der Waals surface area contributed by atoms with E-state index in [-0.39, 0.29) is 23.4 Å². The van der Waals surface area contributed by atoms with Crippen LogP contribution in [0.5, 0.6) is 0 Å². The van der Waals surface area contributed by atoms with Crippen molar-refractivity contribution in [3.63, 3.8) is 0 Å². The van der Waals surface area contributed by atoms with Crippen LogP contribution >= 0.6 is 0 Å². The van der Waals surface area contributed by atoms with Gasteiger partial charge in [-0.3, -0.25) is 0 Å². The van der Waals surface area contributed by atoms with Crippen LogP contribution in [0.3, 0.4) is 0 Å². The molecule has 96 valence electrons. The molecule has 1 heterocycles. The first-order valence-corrected chi connectivity index (χ1v) is 6.44. The van der Waals surface area contributed by atoms with E-state index in [1.54, 1.807) is 0 Å². The van der Waals surface area contributed by atoms with Gasteiger partial charge < -0.3 is 9.84 Å². The lowest BCUT2D eigenvalue weighted by molar-refractivity contribution is -0.133. The second-order valence-electron chi connectivity index (χ2n) is 5.84. The zero-order valence-electron chi connectivity index (χ0n) is 10.8. The van der Waals surface area contributed by atoms with Gasteiger partial charge in [0.05, 0.1) is 6.10 Å². The number of ether oxygens (including phenoxy) is 1. The van der Waals surface area contributed by atoms with Gasteiger partial charge in [0.2, 0.25) is 0 Å². The van der Waals surface area contributed by atoms with E-state index in [0.717, 1.165) is 24.8 Å². The number of aliphatic hydroxyl groups is 1. The summed E-state index contributed by atoms with van der Waals surface area (Å²) in [5.74, 6) is 0.619. The molecule has 1 fully saturated rings. The first-order chi connectivity index (χ1) is 8.43. The minimum Gasteiger partial charge on any atom is -0.423 e. The van der Waals surface area contributed by atoms with Gasteiger partial charge in [-0.15, -0.1) is 0 Å². The Morgan fingerprint density at radius 3 is 3.00 bits per heavy atom. The second-order valence-corrected chi connectivity index (χ2v) is 5.84. The average Bonchev–Trinajstić information content (AvgIpc) is 2.58. The highest BCUT2D eigenvalue weighted by molar-refractivity contribution is 5.94. The minimum absolute atomic E-state index is 0.212. The lowest BCUT2D eigenvalue weighted by Crippen LogP contribution is -2.44. The number of hydrogen-bond acceptors (Lipinski definition) is 3. The molecule has 0 radical (unpaired) electrons. The third kappa shape index (κ3) is 1.37. The van der Waals surface area contributed by atoms with Crippen LogP contribution in [0, 0.1) is 11.3 Å². The Kier molecular flexibility index (Phi) is 2.33. The monoisotopic (exact) mass is 246 g/mol. The summed E-state index contributed by atoms with van der Waals surface area (Å²) in [7, 11) is 0. The Morgan fingerprint density at radius 1 is 1.56 bits per heavy atom. The highest BCUT2D eigenvalue weighted by Crippen LogP contribution is 2.53. The van der Waals surface area contributed by atoms with E-state index >= 15 is 0 Å². The zero-order valence-corrected chi connectivity index (χ0v) is 10.8. The van der Waals surface area contributed by atoms with Gasteiger partial charge in [0.25, 0.3) is 0 Å². The third-order valence-corrected chi connectivity index (χ3v) is 4.81. The Labute approximate surface area is 107 Å². The van der Waals surface area contributed by atoms with Crippen molar-refractivity contribution in [3.8, 4) is 0 Å². The maximum atomic E-state index is 11.6. The molecular formula is C15H18O3. The molecule has 3 heteroatoms. The molecule has 1 N–H and O–H groups in total. The van der Waals surface area contributed by atoms with Crippen LogP contribution < -0.4 is 0 Å². The Morgan fingerprint density at radius 2 is 2.28 bits per heavy atom. The van der Waals surface area contributed by atoms with Crippen molar-refractivity contribution in [2.75, 3.05) is 0 Å². The molecular weight excluding hydrogens is 228 g/mol. The van der Waals surface area contributed by atoms with Crippen LogP contribution in [0.1, 0.15) is 33.1 Å². The molecule has 0 saturated heterocycles. The first-order valence-electron chi connectivity index (χ1n) is 6.44. The number of esters is 1. The molecule has 0 aromatic carbocycles. The molecule has 3 nitrogen and oxygen atoms in total. The average molecular weight is 246 g/mol. The SMILES string of the molecule is C=C1CC[C@@H](O)[C@]2(C)C=C3OC(=O)C(C)=C3CC12. The normalized spacial score (nSPS) is 39.2. The highest BCUT2D eigenvalue weighted by atomic mass is 16.5. The van der Waals surface area contributed by atoms with Crippen LogP contribution in [0.25, 0.3) is 0 Å². The Hall–Kier alpha value is -1.35. The first kappa shape index (κ1) is 11.7. The predicted molar refractivity (Wildman–Crippen MR) is 67.5 cm³/mol. The molecule has 3 rings (SSSR count). The Balaban J connectivity index is 2.12. The van der Waals surface area contributed by atoms with E-state index in [9.17, 15) is 9.90 Å². The maximum absolute atomic E-state index is 11.6. The molecule has 3 aliphatic rings. The summed E-state index contributed by atoms with van der Waals surface area (Å²) in [5, 5.41) is 10.3. The molecule has 1 saturated carbocycles. The number of aliphatic hydroxyl groups excluding tert-OH is 1. The van der Waals surface area contributed by atoms with Gasteiger partial charge >= 0.3 is 5.97 Å². The second kappa shape index (κ2) is 3.58. The molecule has 2 aliphatic carbocycles. The zero-order chi connectivity index (χ0) is 13.1. The van der Waals surface area contributed by atoms with E-state index in [1.807, 2.05) is 19.9 Å². The molecule has 3 atom stereocenters. The summed E-state index contributed by atoms with van der Waals surface area (Å²) >= 11 is 0. The molecule has 0 bridgehead atoms. The molecule has 0 spiro atoms. The van der Waals surface area contributed by atoms with Gasteiger partial charge in [-0.25, -0.2) is 4.79 Å². The quantitative estimate of drug-likeness (QED) is 0.527. The smallest absolute Gasteiger partial charge is 0.339 e. The highest BCUT2D eigenvalue weighted by Gasteiger charge is 2.49. The topological polar surface area (TPSA) is 46.5 Å². The summed E-state index contributed by atoms with van der Waals surface area (Å²) in [4.78, 5) is 11.6. The van der Waals surface area contributed by atoms with Crippen LogP contribution in [0.4, 0.5) is 0 Å². The fourth-order valence-corrected chi connectivity index (χ4v) is 3.44. The van der Waals surface area contributed by atoms with E-state index < -0.39 is 0 Å². The number of allylic oxidation sites excluding steroid dienone is 2. The van der Waals surface area contributed by atoms with Crippen molar-refractivity contribution in [2.24, 2.45) is 11.3 Å². The van der Waals surface area contributed by atoms with Crippen molar-refractivity contribution in [1.82, 2.24) is 0 Å². The van der Waals surface area contributed by atoms with Crippen molar-refractivity contribution in [2.45, 2.75) is 39.2 Å². The molecule has 1 aliphatic heterocycles. The lowest BCUT2D eigenvalue weighted by Gasteiger charge is -2.47. The fourth-order valence-electron chi connectivity index (χ4n) is 3.44. The van der Waals surface area contributed by atoms with Crippen LogP contribution in [0.15, 0.2) is 35.1 Å². The van der Waals surface area contributed by atoms with Gasteiger partial charge in [-0.1, -0.05) is 19.1 Å². The minimum atomic E-state index is -0.387. The van der Waals surface area contributed by atoms with Gasteiger partial charge in [0.15, 0.2) is 0 Å². The summed E-state index contributed by atoms with van der Waals surface area (Å²) < 4.78 is 5.28. The molecule has 1 unspecified atom stereocenters. The molecule has 0 aromatic heterocycles. The summed E-state index contributed by atoms with van der Waals surface area (Å²) in [6.45, 7) is 8.00. The van der Waals surface area contributed by atoms with E-state index in [1.165, 1.54) is 5.57 Å². The van der Waals surface area contributed by atoms with Crippen LogP contribution in [0.2, 0.25) is 0 Å². The largest absolute Gasteiger partial charge is 0.423 e. The van der Waals surface area contributed by atoms with Gasteiger partial charge in [0.1, 0.15) is 5.76 Å². The predicted octanol–water partition coefficient (Wildman–Crippen LogP) is 2.48. The van der Waals surface area contributed by atoms with E-state index in [2.05, 4.69) is 6.58 Å². The number of hydrogen-bond donors (Lipinski definition) is 1. The van der Waals surface area contributed by atoms with E-state index in [0.29, 0.717) is 11.3 Å². The van der Waals surface area contributed by atoms with Crippen molar-refractivity contribution in [3.05, 3.63) is 35.1 Å².